The summed E-state index contributed by atoms with van der Waals surface area (Å²) in [4.78, 5) is 33.0. The minimum atomic E-state index is -0.0347. The van der Waals surface area contributed by atoms with E-state index in [2.05, 4.69) is 9.97 Å². The predicted molar refractivity (Wildman–Crippen MR) is 80.2 cm³/mol. The first-order chi connectivity index (χ1) is 9.65. The number of amides is 1. The Morgan fingerprint density at radius 1 is 1.30 bits per heavy atom. The molecule has 0 unspecified atom stereocenters. The second kappa shape index (κ2) is 6.92. The molecule has 0 aromatic carbocycles. The Bertz CT molecular complexity index is 538. The monoisotopic (exact) mass is 295 g/mol. The van der Waals surface area contributed by atoms with Gasteiger partial charge in [-0.3, -0.25) is 9.59 Å². The minimum Gasteiger partial charge on any atom is -0.343 e. The molecule has 0 fully saturated rings. The van der Waals surface area contributed by atoms with Crippen LogP contribution < -0.4 is 5.56 Å². The average Bonchev–Trinajstić information content (AvgIpc) is 2.46. The molecular formula is C14H21N3O2S. The highest BCUT2D eigenvalue weighted by atomic mass is 32.2. The second-order valence-electron chi connectivity index (χ2n) is 4.86. The molecule has 6 heteroatoms. The molecule has 2 rings (SSSR count). The maximum Gasteiger partial charge on any atom is 0.254 e. The fraction of sp³-hybridized carbons (Fsp3) is 0.643. The maximum atomic E-state index is 12.0. The van der Waals surface area contributed by atoms with Crippen molar-refractivity contribution in [2.45, 2.75) is 44.7 Å². The number of H-pyrrole nitrogens is 1. The first-order valence-corrected chi connectivity index (χ1v) is 8.16. The van der Waals surface area contributed by atoms with Crippen LogP contribution in [0.2, 0.25) is 0 Å². The summed E-state index contributed by atoms with van der Waals surface area (Å²) in [6, 6.07) is 0. The third kappa shape index (κ3) is 3.42. The van der Waals surface area contributed by atoms with Gasteiger partial charge in [0.15, 0.2) is 5.16 Å². The van der Waals surface area contributed by atoms with Crippen LogP contribution in [0.4, 0.5) is 0 Å². The highest BCUT2D eigenvalue weighted by Crippen LogP contribution is 2.19. The molecule has 1 heterocycles. The second-order valence-corrected chi connectivity index (χ2v) is 5.82. The normalized spacial score (nSPS) is 13.9. The topological polar surface area (TPSA) is 66.1 Å². The van der Waals surface area contributed by atoms with E-state index in [0.717, 1.165) is 36.9 Å². The van der Waals surface area contributed by atoms with Crippen molar-refractivity contribution in [1.29, 1.82) is 0 Å². The van der Waals surface area contributed by atoms with Crippen LogP contribution in [0, 0.1) is 0 Å². The zero-order valence-corrected chi connectivity index (χ0v) is 12.9. The minimum absolute atomic E-state index is 0.0347. The highest BCUT2D eigenvalue weighted by Gasteiger charge is 2.17. The van der Waals surface area contributed by atoms with Gasteiger partial charge in [0.1, 0.15) is 0 Å². The first kappa shape index (κ1) is 15.1. The Balaban J connectivity index is 2.05. The van der Waals surface area contributed by atoms with Gasteiger partial charge in [0.25, 0.3) is 5.56 Å². The van der Waals surface area contributed by atoms with Crippen LogP contribution in [0.25, 0.3) is 0 Å². The third-order valence-corrected chi connectivity index (χ3v) is 4.48. The van der Waals surface area contributed by atoms with E-state index >= 15 is 0 Å². The number of aryl methyl sites for hydroxylation is 1. The lowest BCUT2D eigenvalue weighted by molar-refractivity contribution is -0.127. The van der Waals surface area contributed by atoms with Crippen LogP contribution in [0.15, 0.2) is 9.95 Å². The number of aromatic nitrogens is 2. The number of nitrogens with one attached hydrogen (secondary N) is 1. The summed E-state index contributed by atoms with van der Waals surface area (Å²) in [7, 11) is 0. The van der Waals surface area contributed by atoms with Crippen molar-refractivity contribution in [3.63, 3.8) is 0 Å². The number of hydrogen-bond donors (Lipinski definition) is 1. The van der Waals surface area contributed by atoms with Gasteiger partial charge in [0, 0.05) is 18.7 Å². The summed E-state index contributed by atoms with van der Waals surface area (Å²) in [5.41, 5.74) is 1.71. The van der Waals surface area contributed by atoms with Gasteiger partial charge in [-0.05, 0) is 39.5 Å². The summed E-state index contributed by atoms with van der Waals surface area (Å²) >= 11 is 1.32. The van der Waals surface area contributed by atoms with E-state index in [1.165, 1.54) is 11.8 Å². The van der Waals surface area contributed by atoms with Crippen molar-refractivity contribution in [1.82, 2.24) is 14.9 Å². The van der Waals surface area contributed by atoms with Gasteiger partial charge >= 0.3 is 0 Å². The molecule has 110 valence electrons. The van der Waals surface area contributed by atoms with Crippen molar-refractivity contribution >= 4 is 17.7 Å². The Morgan fingerprint density at radius 2 is 2.00 bits per heavy atom. The van der Waals surface area contributed by atoms with Gasteiger partial charge < -0.3 is 9.88 Å². The summed E-state index contributed by atoms with van der Waals surface area (Å²) in [6.07, 6.45) is 3.84. The molecule has 0 radical (unpaired) electrons. The maximum absolute atomic E-state index is 12.0. The zero-order chi connectivity index (χ0) is 14.5. The average molecular weight is 295 g/mol. The molecule has 20 heavy (non-hydrogen) atoms. The van der Waals surface area contributed by atoms with E-state index in [9.17, 15) is 9.59 Å². The van der Waals surface area contributed by atoms with Gasteiger partial charge in [-0.1, -0.05) is 11.8 Å². The largest absolute Gasteiger partial charge is 0.343 e. The number of nitrogens with zero attached hydrogens (tertiary/aromatic N) is 2. The van der Waals surface area contributed by atoms with E-state index in [-0.39, 0.29) is 11.5 Å². The van der Waals surface area contributed by atoms with Crippen molar-refractivity contribution in [3.8, 4) is 0 Å². The molecule has 1 aliphatic carbocycles. The van der Waals surface area contributed by atoms with Gasteiger partial charge in [0.05, 0.1) is 11.4 Å². The van der Waals surface area contributed by atoms with E-state index in [1.54, 1.807) is 4.90 Å². The number of hydrogen-bond acceptors (Lipinski definition) is 4. The molecule has 0 bridgehead atoms. The molecule has 0 saturated carbocycles. The fourth-order valence-corrected chi connectivity index (χ4v) is 3.23. The molecule has 1 aromatic heterocycles. The van der Waals surface area contributed by atoms with Crippen LogP contribution in [-0.4, -0.2) is 39.6 Å². The van der Waals surface area contributed by atoms with Crippen molar-refractivity contribution in [2.24, 2.45) is 0 Å². The van der Waals surface area contributed by atoms with Gasteiger partial charge in [-0.2, -0.15) is 0 Å². The lowest BCUT2D eigenvalue weighted by Gasteiger charge is -2.18. The number of aromatic amines is 1. The molecule has 1 aliphatic rings. The Hall–Kier alpha value is -1.30. The van der Waals surface area contributed by atoms with Crippen LogP contribution in [0.3, 0.4) is 0 Å². The number of carbonyl (C=O) groups excluding carboxylic acids is 1. The first-order valence-electron chi connectivity index (χ1n) is 7.18. The molecule has 0 aliphatic heterocycles. The quantitative estimate of drug-likeness (QED) is 0.662. The molecule has 0 atom stereocenters. The molecule has 1 aromatic rings. The van der Waals surface area contributed by atoms with Gasteiger partial charge in [-0.25, -0.2) is 4.98 Å². The van der Waals surface area contributed by atoms with Crippen molar-refractivity contribution < 1.29 is 4.79 Å². The Labute approximate surface area is 123 Å². The molecule has 1 N–H and O–H groups in total. The molecule has 0 saturated heterocycles. The molecule has 1 amide bonds. The third-order valence-electron chi connectivity index (χ3n) is 3.62. The number of thioether (sulfide) groups is 1. The predicted octanol–water partition coefficient (Wildman–Crippen LogP) is 1.61. The van der Waals surface area contributed by atoms with Crippen LogP contribution in [-0.2, 0) is 17.6 Å². The standard InChI is InChI=1S/C14H21N3O2S/c1-3-17(4-2)12(18)9-20-14-15-11-8-6-5-7-10(11)13(19)16-14/h3-9H2,1-2H3,(H,15,16,19). The number of carbonyl (C=O) groups is 1. The number of fused-ring (bicyclic) bond motifs is 1. The van der Waals surface area contributed by atoms with Gasteiger partial charge in [-0.15, -0.1) is 0 Å². The van der Waals surface area contributed by atoms with E-state index in [0.29, 0.717) is 24.0 Å². The SMILES string of the molecule is CCN(CC)C(=O)CSc1nc2c(c(=O)[nH]1)CCCC2. The molecule has 0 spiro atoms. The van der Waals surface area contributed by atoms with Gasteiger partial charge in [0.2, 0.25) is 5.91 Å². The summed E-state index contributed by atoms with van der Waals surface area (Å²) < 4.78 is 0. The summed E-state index contributed by atoms with van der Waals surface area (Å²) in [5, 5.41) is 0.566. The van der Waals surface area contributed by atoms with Crippen molar-refractivity contribution in [3.05, 3.63) is 21.6 Å². The summed E-state index contributed by atoms with van der Waals surface area (Å²) in [5.74, 6) is 0.406. The zero-order valence-electron chi connectivity index (χ0n) is 12.1. The van der Waals surface area contributed by atoms with E-state index in [4.69, 9.17) is 0 Å². The highest BCUT2D eigenvalue weighted by molar-refractivity contribution is 7.99. The van der Waals surface area contributed by atoms with Crippen LogP contribution in [0.5, 0.6) is 0 Å². The van der Waals surface area contributed by atoms with E-state index in [1.807, 2.05) is 13.8 Å². The van der Waals surface area contributed by atoms with E-state index < -0.39 is 0 Å². The smallest absolute Gasteiger partial charge is 0.254 e. The Kier molecular flexibility index (Phi) is 5.23. The fourth-order valence-electron chi connectivity index (χ4n) is 2.45. The Morgan fingerprint density at radius 3 is 2.70 bits per heavy atom. The lowest BCUT2D eigenvalue weighted by Crippen LogP contribution is -2.32. The molecular weight excluding hydrogens is 274 g/mol. The molecule has 5 nitrogen and oxygen atoms in total. The van der Waals surface area contributed by atoms with Crippen LogP contribution >= 0.6 is 11.8 Å². The lowest BCUT2D eigenvalue weighted by atomic mass is 9.97. The summed E-state index contributed by atoms with van der Waals surface area (Å²) in [6.45, 7) is 5.35. The van der Waals surface area contributed by atoms with Crippen LogP contribution in [0.1, 0.15) is 37.9 Å². The van der Waals surface area contributed by atoms with Crippen molar-refractivity contribution in [2.75, 3.05) is 18.8 Å². The number of rotatable bonds is 5.